The predicted octanol–water partition coefficient (Wildman–Crippen LogP) is 1.25. The second-order valence-corrected chi connectivity index (χ2v) is 2.73. The Hall–Kier alpha value is -2.64. The lowest BCUT2D eigenvalue weighted by molar-refractivity contribution is -0.401. The van der Waals surface area contributed by atoms with Gasteiger partial charge in [-0.3, -0.25) is 20.2 Å². The number of benzene rings is 1. The zero-order valence-electron chi connectivity index (χ0n) is 7.73. The van der Waals surface area contributed by atoms with E-state index >= 15 is 0 Å². The zero-order valence-corrected chi connectivity index (χ0v) is 7.73. The fourth-order valence-corrected chi connectivity index (χ4v) is 1.05. The van der Waals surface area contributed by atoms with Crippen molar-refractivity contribution in [3.05, 3.63) is 44.1 Å². The molecule has 84 valence electrons. The maximum absolute atomic E-state index is 10.6. The Labute approximate surface area is 88.4 Å². The van der Waals surface area contributed by atoms with E-state index in [4.69, 9.17) is 5.11 Å². The van der Waals surface area contributed by atoms with E-state index in [1.54, 1.807) is 0 Å². The van der Waals surface area contributed by atoms with Crippen molar-refractivity contribution in [1.82, 2.24) is 0 Å². The van der Waals surface area contributed by atoms with E-state index in [-0.39, 0.29) is 5.56 Å². The highest BCUT2D eigenvalue weighted by Crippen LogP contribution is 2.38. The number of nitro groups is 2. The Morgan fingerprint density at radius 1 is 1.19 bits per heavy atom. The topological polar surface area (TPSA) is 127 Å². The molecule has 8 heteroatoms. The van der Waals surface area contributed by atoms with Crippen molar-refractivity contribution in [2.45, 2.75) is 0 Å². The second-order valence-electron chi connectivity index (χ2n) is 2.73. The van der Waals surface area contributed by atoms with Crippen molar-refractivity contribution < 1.29 is 20.1 Å². The number of rotatable bonds is 3. The van der Waals surface area contributed by atoms with Crippen LogP contribution in [-0.2, 0) is 0 Å². The number of phenolic OH excluding ortho intramolecular Hbond substituents is 2. The first kappa shape index (κ1) is 11.4. The number of phenols is 2. The van der Waals surface area contributed by atoms with Crippen LogP contribution in [0.1, 0.15) is 5.56 Å². The Balaban J connectivity index is 3.34. The molecule has 0 heterocycles. The van der Waals surface area contributed by atoms with E-state index in [1.165, 1.54) is 0 Å². The summed E-state index contributed by atoms with van der Waals surface area (Å²) in [5.41, 5.74) is -0.949. The van der Waals surface area contributed by atoms with Gasteiger partial charge in [-0.1, -0.05) is 0 Å². The summed E-state index contributed by atoms with van der Waals surface area (Å²) in [7, 11) is 0. The van der Waals surface area contributed by atoms with Gasteiger partial charge in [-0.05, 0) is 12.1 Å². The van der Waals surface area contributed by atoms with Crippen LogP contribution in [0.15, 0.2) is 18.3 Å². The van der Waals surface area contributed by atoms with Crippen LogP contribution in [0, 0.1) is 20.2 Å². The summed E-state index contributed by atoms with van der Waals surface area (Å²) >= 11 is 0. The molecule has 2 N–H and O–H groups in total. The first-order valence-corrected chi connectivity index (χ1v) is 3.94. The van der Waals surface area contributed by atoms with Gasteiger partial charge in [-0.15, -0.1) is 0 Å². The van der Waals surface area contributed by atoms with Crippen molar-refractivity contribution in [3.8, 4) is 11.5 Å². The minimum Gasteiger partial charge on any atom is -0.504 e. The quantitative estimate of drug-likeness (QED) is 0.453. The third kappa shape index (κ3) is 2.23. The Morgan fingerprint density at radius 3 is 2.31 bits per heavy atom. The molecule has 0 bridgehead atoms. The molecule has 1 rings (SSSR count). The predicted molar refractivity (Wildman–Crippen MR) is 52.5 cm³/mol. The molecule has 0 aliphatic heterocycles. The van der Waals surface area contributed by atoms with E-state index in [2.05, 4.69) is 0 Å². The molecule has 1 aromatic carbocycles. The molecule has 0 amide bonds. The summed E-state index contributed by atoms with van der Waals surface area (Å²) in [5, 5.41) is 38.9. The molecule has 0 atom stereocenters. The Bertz CT molecular complexity index is 482. The number of nitro benzene ring substituents is 1. The van der Waals surface area contributed by atoms with E-state index in [9.17, 15) is 25.3 Å². The van der Waals surface area contributed by atoms with Crippen LogP contribution in [0.3, 0.4) is 0 Å². The summed E-state index contributed by atoms with van der Waals surface area (Å²) in [4.78, 5) is 18.9. The minimum absolute atomic E-state index is 0.169. The first-order valence-electron chi connectivity index (χ1n) is 3.94. The SMILES string of the molecule is O=[N+]([O-])C=Cc1ccc(O)c(O)c1[N+](=O)[O-]. The fourth-order valence-electron chi connectivity index (χ4n) is 1.05. The molecule has 0 aromatic heterocycles. The van der Waals surface area contributed by atoms with Gasteiger partial charge in [0, 0.05) is 6.08 Å². The summed E-state index contributed by atoms with van der Waals surface area (Å²) in [6, 6.07) is 2.09. The lowest BCUT2D eigenvalue weighted by Gasteiger charge is -2.01. The molecule has 1 aromatic rings. The highest BCUT2D eigenvalue weighted by atomic mass is 16.6. The zero-order chi connectivity index (χ0) is 12.3. The average Bonchev–Trinajstić information content (AvgIpc) is 2.19. The van der Waals surface area contributed by atoms with Gasteiger partial charge in [-0.2, -0.15) is 0 Å². The van der Waals surface area contributed by atoms with Crippen molar-refractivity contribution in [3.63, 3.8) is 0 Å². The average molecular weight is 226 g/mol. The van der Waals surface area contributed by atoms with Gasteiger partial charge in [0.25, 0.3) is 0 Å². The van der Waals surface area contributed by atoms with Crippen LogP contribution in [-0.4, -0.2) is 20.1 Å². The summed E-state index contributed by atoms with van der Waals surface area (Å²) < 4.78 is 0. The monoisotopic (exact) mass is 226 g/mol. The van der Waals surface area contributed by atoms with E-state index in [0.29, 0.717) is 6.20 Å². The van der Waals surface area contributed by atoms with Crippen LogP contribution in [0.4, 0.5) is 5.69 Å². The molecule has 0 fully saturated rings. The van der Waals surface area contributed by atoms with Gasteiger partial charge in [0.15, 0.2) is 5.75 Å². The van der Waals surface area contributed by atoms with Crippen molar-refractivity contribution in [2.75, 3.05) is 0 Å². The van der Waals surface area contributed by atoms with E-state index < -0.39 is 27.0 Å². The van der Waals surface area contributed by atoms with Crippen LogP contribution in [0.2, 0.25) is 0 Å². The fraction of sp³-hybridized carbons (Fsp3) is 0. The molecule has 0 saturated carbocycles. The normalized spacial score (nSPS) is 10.5. The van der Waals surface area contributed by atoms with Crippen LogP contribution < -0.4 is 0 Å². The van der Waals surface area contributed by atoms with Gasteiger partial charge in [0.05, 0.1) is 15.4 Å². The number of aromatic hydroxyl groups is 2. The number of hydrogen-bond donors (Lipinski definition) is 2. The van der Waals surface area contributed by atoms with Gasteiger partial charge in [-0.25, -0.2) is 0 Å². The Kier molecular flexibility index (Phi) is 3.04. The summed E-state index contributed by atoms with van der Waals surface area (Å²) in [5.74, 6) is -1.58. The Morgan fingerprint density at radius 2 is 1.81 bits per heavy atom. The highest BCUT2D eigenvalue weighted by molar-refractivity contribution is 5.69. The largest absolute Gasteiger partial charge is 0.504 e. The second kappa shape index (κ2) is 4.26. The smallest absolute Gasteiger partial charge is 0.322 e. The summed E-state index contributed by atoms with van der Waals surface area (Å²) in [6.07, 6.45) is 1.36. The van der Waals surface area contributed by atoms with E-state index in [1.807, 2.05) is 0 Å². The first-order chi connectivity index (χ1) is 7.43. The molecule has 8 nitrogen and oxygen atoms in total. The molecule has 0 saturated heterocycles. The van der Waals surface area contributed by atoms with Crippen molar-refractivity contribution in [1.29, 1.82) is 0 Å². The third-order valence-electron chi connectivity index (χ3n) is 1.72. The minimum atomic E-state index is -0.936. The van der Waals surface area contributed by atoms with Gasteiger partial charge in [0.1, 0.15) is 0 Å². The molecule has 0 unspecified atom stereocenters. The van der Waals surface area contributed by atoms with Crippen LogP contribution in [0.25, 0.3) is 6.08 Å². The van der Waals surface area contributed by atoms with Crippen molar-refractivity contribution in [2.24, 2.45) is 0 Å². The van der Waals surface area contributed by atoms with Gasteiger partial charge >= 0.3 is 5.69 Å². The molecule has 0 aliphatic rings. The van der Waals surface area contributed by atoms with Crippen molar-refractivity contribution >= 4 is 11.8 Å². The summed E-state index contributed by atoms with van der Waals surface area (Å²) in [6.45, 7) is 0. The number of hydrogen-bond acceptors (Lipinski definition) is 6. The van der Waals surface area contributed by atoms with Gasteiger partial charge < -0.3 is 10.2 Å². The maximum Gasteiger partial charge on any atom is 0.322 e. The van der Waals surface area contributed by atoms with Gasteiger partial charge in [0.2, 0.25) is 11.9 Å². The lowest BCUT2D eigenvalue weighted by Crippen LogP contribution is -1.93. The number of nitrogens with zero attached hydrogens (tertiary/aromatic N) is 2. The third-order valence-corrected chi connectivity index (χ3v) is 1.72. The van der Waals surface area contributed by atoms with E-state index in [0.717, 1.165) is 18.2 Å². The van der Waals surface area contributed by atoms with Crippen LogP contribution in [0.5, 0.6) is 11.5 Å². The highest BCUT2D eigenvalue weighted by Gasteiger charge is 2.21. The lowest BCUT2D eigenvalue weighted by atomic mass is 10.1. The molecule has 16 heavy (non-hydrogen) atoms. The standard InChI is InChI=1S/C8H6N2O6/c11-6-2-1-5(3-4-9(13)14)7(8(6)12)10(15)16/h1-4,11-12H. The molecular weight excluding hydrogens is 220 g/mol. The maximum atomic E-state index is 10.6. The molecule has 0 radical (unpaired) electrons. The molecule has 0 aliphatic carbocycles. The molecular formula is C8H6N2O6. The van der Waals surface area contributed by atoms with Crippen LogP contribution >= 0.6 is 0 Å². The molecule has 0 spiro atoms.